The summed E-state index contributed by atoms with van der Waals surface area (Å²) < 4.78 is 0. The number of rotatable bonds is 4. The van der Waals surface area contributed by atoms with Crippen LogP contribution in [0.3, 0.4) is 0 Å². The van der Waals surface area contributed by atoms with Gasteiger partial charge in [0.15, 0.2) is 0 Å². The van der Waals surface area contributed by atoms with Crippen LogP contribution in [-0.2, 0) is 11.2 Å². The van der Waals surface area contributed by atoms with Crippen LogP contribution < -0.4 is 0 Å². The first kappa shape index (κ1) is 12.5. The second kappa shape index (κ2) is 5.58. The van der Waals surface area contributed by atoms with E-state index >= 15 is 0 Å². The van der Waals surface area contributed by atoms with E-state index in [1.165, 1.54) is 0 Å². The number of hydrogen-bond acceptors (Lipinski definition) is 2. The van der Waals surface area contributed by atoms with E-state index in [9.17, 15) is 4.79 Å². The topological polar surface area (TPSA) is 30.0 Å². The van der Waals surface area contributed by atoms with Crippen molar-refractivity contribution in [1.29, 1.82) is 0 Å². The van der Waals surface area contributed by atoms with Crippen LogP contribution in [0.15, 0.2) is 48.7 Å². The van der Waals surface area contributed by atoms with Crippen LogP contribution in [0, 0.1) is 5.92 Å². The number of pyridine rings is 1. The molecular formula is C16H17NO. The molecule has 0 aliphatic heterocycles. The summed E-state index contributed by atoms with van der Waals surface area (Å²) in [4.78, 5) is 16.2. The number of nitrogens with zero attached hydrogens (tertiary/aromatic N) is 1. The van der Waals surface area contributed by atoms with Crippen LogP contribution in [0.4, 0.5) is 0 Å². The summed E-state index contributed by atoms with van der Waals surface area (Å²) in [7, 11) is 0. The quantitative estimate of drug-likeness (QED) is 0.817. The van der Waals surface area contributed by atoms with E-state index in [1.807, 2.05) is 56.3 Å². The second-order valence-corrected chi connectivity index (χ2v) is 4.67. The third-order valence-corrected chi connectivity index (χ3v) is 2.97. The van der Waals surface area contributed by atoms with Gasteiger partial charge in [-0.15, -0.1) is 0 Å². The van der Waals surface area contributed by atoms with Gasteiger partial charge in [0.2, 0.25) is 0 Å². The molecule has 0 saturated heterocycles. The Morgan fingerprint density at radius 1 is 1.11 bits per heavy atom. The van der Waals surface area contributed by atoms with Crippen LogP contribution in [0.25, 0.3) is 11.3 Å². The number of benzene rings is 1. The third kappa shape index (κ3) is 2.83. The molecule has 0 N–H and O–H groups in total. The van der Waals surface area contributed by atoms with Crippen molar-refractivity contribution in [2.24, 2.45) is 5.92 Å². The van der Waals surface area contributed by atoms with Crippen molar-refractivity contribution in [3.63, 3.8) is 0 Å². The fraction of sp³-hybridized carbons (Fsp3) is 0.250. The summed E-state index contributed by atoms with van der Waals surface area (Å²) in [5.41, 5.74) is 3.02. The lowest BCUT2D eigenvalue weighted by Crippen LogP contribution is -2.10. The van der Waals surface area contributed by atoms with Gasteiger partial charge in [0.25, 0.3) is 0 Å². The monoisotopic (exact) mass is 239 g/mol. The highest BCUT2D eigenvalue weighted by molar-refractivity contribution is 5.84. The molecule has 0 atom stereocenters. The normalized spacial score (nSPS) is 10.6. The van der Waals surface area contributed by atoms with Gasteiger partial charge in [0, 0.05) is 24.1 Å². The van der Waals surface area contributed by atoms with Gasteiger partial charge in [0.1, 0.15) is 5.78 Å². The maximum atomic E-state index is 11.9. The van der Waals surface area contributed by atoms with Crippen LogP contribution >= 0.6 is 0 Å². The first-order valence-corrected chi connectivity index (χ1v) is 6.20. The summed E-state index contributed by atoms with van der Waals surface area (Å²) in [6.07, 6.45) is 2.25. The molecular weight excluding hydrogens is 222 g/mol. The summed E-state index contributed by atoms with van der Waals surface area (Å²) in [6.45, 7) is 3.87. The maximum Gasteiger partial charge on any atom is 0.139 e. The van der Waals surface area contributed by atoms with Crippen LogP contribution in [0.2, 0.25) is 0 Å². The Hall–Kier alpha value is -1.96. The molecule has 0 unspecified atom stereocenters. The van der Waals surface area contributed by atoms with Gasteiger partial charge in [0.05, 0.1) is 5.69 Å². The van der Waals surface area contributed by atoms with Crippen molar-refractivity contribution in [2.75, 3.05) is 0 Å². The highest BCUT2D eigenvalue weighted by Gasteiger charge is 2.12. The Balaban J connectivity index is 2.35. The minimum absolute atomic E-state index is 0.0711. The Bertz CT molecular complexity index is 532. The lowest BCUT2D eigenvalue weighted by molar-refractivity contribution is -0.121. The van der Waals surface area contributed by atoms with E-state index in [2.05, 4.69) is 4.98 Å². The summed E-state index contributed by atoms with van der Waals surface area (Å²) in [6, 6.07) is 13.8. The average Bonchev–Trinajstić information content (AvgIpc) is 2.40. The smallest absolute Gasteiger partial charge is 0.139 e. The molecule has 0 spiro atoms. The molecule has 1 aromatic heterocycles. The highest BCUT2D eigenvalue weighted by Crippen LogP contribution is 2.22. The average molecular weight is 239 g/mol. The van der Waals surface area contributed by atoms with Crippen molar-refractivity contribution in [3.05, 3.63) is 54.2 Å². The third-order valence-electron chi connectivity index (χ3n) is 2.97. The van der Waals surface area contributed by atoms with Gasteiger partial charge in [-0.05, 0) is 17.7 Å². The first-order chi connectivity index (χ1) is 8.68. The molecule has 0 aliphatic carbocycles. The Kier molecular flexibility index (Phi) is 3.88. The molecule has 0 fully saturated rings. The number of ketones is 1. The van der Waals surface area contributed by atoms with Gasteiger partial charge in [-0.3, -0.25) is 9.78 Å². The number of Topliss-reactive ketones (excluding diaryl/α,β-unsaturated/α-hetero) is 1. The maximum absolute atomic E-state index is 11.9. The fourth-order valence-corrected chi connectivity index (χ4v) is 1.84. The minimum Gasteiger partial charge on any atom is -0.299 e. The Morgan fingerprint density at radius 3 is 2.50 bits per heavy atom. The van der Waals surface area contributed by atoms with Crippen LogP contribution in [-0.4, -0.2) is 10.8 Å². The Labute approximate surface area is 108 Å². The second-order valence-electron chi connectivity index (χ2n) is 4.67. The van der Waals surface area contributed by atoms with E-state index in [4.69, 9.17) is 0 Å². The Morgan fingerprint density at radius 2 is 1.83 bits per heavy atom. The predicted octanol–water partition coefficient (Wildman–Crippen LogP) is 3.52. The highest BCUT2D eigenvalue weighted by atomic mass is 16.1. The molecule has 0 amide bonds. The standard InChI is InChI=1S/C16H17NO/c1-12(2)16(18)11-13-7-3-4-8-14(13)15-9-5-6-10-17-15/h3-10,12H,11H2,1-2H3. The largest absolute Gasteiger partial charge is 0.299 e. The summed E-state index contributed by atoms with van der Waals surface area (Å²) >= 11 is 0. The van der Waals surface area contributed by atoms with Gasteiger partial charge >= 0.3 is 0 Å². The summed E-state index contributed by atoms with van der Waals surface area (Å²) in [5, 5.41) is 0. The molecule has 92 valence electrons. The molecule has 0 radical (unpaired) electrons. The van der Waals surface area contributed by atoms with Crippen molar-refractivity contribution < 1.29 is 4.79 Å². The lowest BCUT2D eigenvalue weighted by atomic mass is 9.96. The van der Waals surface area contributed by atoms with E-state index in [1.54, 1.807) is 6.20 Å². The molecule has 0 bridgehead atoms. The molecule has 2 aromatic rings. The van der Waals surface area contributed by atoms with E-state index in [0.717, 1.165) is 16.8 Å². The molecule has 1 aromatic carbocycles. The fourth-order valence-electron chi connectivity index (χ4n) is 1.84. The van der Waals surface area contributed by atoms with Crippen molar-refractivity contribution in [1.82, 2.24) is 4.98 Å². The molecule has 0 saturated carbocycles. The van der Waals surface area contributed by atoms with E-state index < -0.39 is 0 Å². The molecule has 2 heteroatoms. The lowest BCUT2D eigenvalue weighted by Gasteiger charge is -2.09. The SMILES string of the molecule is CC(C)C(=O)Cc1ccccc1-c1ccccn1. The summed E-state index contributed by atoms with van der Waals surface area (Å²) in [5.74, 6) is 0.333. The number of hydrogen-bond donors (Lipinski definition) is 0. The predicted molar refractivity (Wildman–Crippen MR) is 73.2 cm³/mol. The van der Waals surface area contributed by atoms with Crippen LogP contribution in [0.5, 0.6) is 0 Å². The number of carbonyl (C=O) groups is 1. The zero-order valence-corrected chi connectivity index (χ0v) is 10.8. The van der Waals surface area contributed by atoms with Crippen molar-refractivity contribution in [2.45, 2.75) is 20.3 Å². The van der Waals surface area contributed by atoms with Gasteiger partial charge in [-0.2, -0.15) is 0 Å². The zero-order valence-electron chi connectivity index (χ0n) is 10.8. The number of carbonyl (C=O) groups excluding carboxylic acids is 1. The van der Waals surface area contributed by atoms with Crippen molar-refractivity contribution in [3.8, 4) is 11.3 Å². The molecule has 2 rings (SSSR count). The van der Waals surface area contributed by atoms with Crippen LogP contribution in [0.1, 0.15) is 19.4 Å². The van der Waals surface area contributed by atoms with Gasteiger partial charge in [-0.1, -0.05) is 44.2 Å². The van der Waals surface area contributed by atoms with Crippen molar-refractivity contribution >= 4 is 5.78 Å². The molecule has 18 heavy (non-hydrogen) atoms. The van der Waals surface area contributed by atoms with E-state index in [-0.39, 0.29) is 11.7 Å². The van der Waals surface area contributed by atoms with Gasteiger partial charge < -0.3 is 0 Å². The van der Waals surface area contributed by atoms with Gasteiger partial charge in [-0.25, -0.2) is 0 Å². The molecule has 1 heterocycles. The number of aromatic nitrogens is 1. The minimum atomic E-state index is 0.0711. The molecule has 0 aliphatic rings. The van der Waals surface area contributed by atoms with E-state index in [0.29, 0.717) is 6.42 Å². The zero-order chi connectivity index (χ0) is 13.0. The first-order valence-electron chi connectivity index (χ1n) is 6.20. The molecule has 2 nitrogen and oxygen atoms in total.